The average molecular weight is 568 g/mol. The Morgan fingerprint density at radius 1 is 1.17 bits per heavy atom. The van der Waals surface area contributed by atoms with Crippen molar-refractivity contribution in [3.63, 3.8) is 0 Å². The number of hydrogen-bond acceptors (Lipinski definition) is 9. The van der Waals surface area contributed by atoms with Crippen molar-refractivity contribution in [2.45, 2.75) is 59.3 Å². The van der Waals surface area contributed by atoms with Gasteiger partial charge in [0, 0.05) is 30.0 Å². The zero-order valence-corrected chi connectivity index (χ0v) is 23.4. The molecule has 218 valence electrons. The standard InChI is InChI=1S/C27H27N3O9.C2H6/c1-3-15-16-8-14(32)4-5-20(16)29-26-18(15)11-30-21(26)9-17(19(13-38-2)27(30)37)22(12-31)39-25(36)7-6-23(33)28-10-24(34)35;1-2/h4-5,8-9,12,22,32H,3,6-7,10-11,13H2,1-2H3,(H,28,33)(H,34,35);1-2H3. The van der Waals surface area contributed by atoms with E-state index in [1.807, 2.05) is 20.8 Å². The molecule has 3 N–H and O–H groups in total. The third-order valence-electron chi connectivity index (χ3n) is 6.51. The minimum absolute atomic E-state index is 0.103. The minimum Gasteiger partial charge on any atom is -0.508 e. The number of aryl methyl sites for hydroxylation is 1. The zero-order chi connectivity index (χ0) is 30.3. The first-order valence-electron chi connectivity index (χ1n) is 13.2. The highest BCUT2D eigenvalue weighted by molar-refractivity contribution is 5.89. The summed E-state index contributed by atoms with van der Waals surface area (Å²) in [5, 5.41) is 21.6. The summed E-state index contributed by atoms with van der Waals surface area (Å²) in [7, 11) is 1.39. The van der Waals surface area contributed by atoms with Gasteiger partial charge in [-0.05, 0) is 36.2 Å². The van der Waals surface area contributed by atoms with Crippen LogP contribution in [0, 0.1) is 0 Å². The van der Waals surface area contributed by atoms with Crippen LogP contribution in [0.15, 0.2) is 29.1 Å². The number of hydrogen-bond donors (Lipinski definition) is 3. The second-order valence-corrected chi connectivity index (χ2v) is 8.98. The molecule has 0 spiro atoms. The van der Waals surface area contributed by atoms with Crippen molar-refractivity contribution < 1.29 is 38.9 Å². The molecule has 12 nitrogen and oxygen atoms in total. The third-order valence-corrected chi connectivity index (χ3v) is 6.51. The molecule has 0 saturated carbocycles. The Kier molecular flexibility index (Phi) is 10.3. The predicted octanol–water partition coefficient (Wildman–Crippen LogP) is 2.63. The summed E-state index contributed by atoms with van der Waals surface area (Å²) in [5.74, 6) is -2.66. The van der Waals surface area contributed by atoms with Gasteiger partial charge in [-0.2, -0.15) is 0 Å². The lowest BCUT2D eigenvalue weighted by atomic mass is 9.98. The maximum absolute atomic E-state index is 13.6. The molecule has 3 heterocycles. The summed E-state index contributed by atoms with van der Waals surface area (Å²) in [5.41, 5.74) is 3.25. The lowest BCUT2D eigenvalue weighted by Gasteiger charge is -2.18. The number of rotatable bonds is 11. The van der Waals surface area contributed by atoms with E-state index in [1.165, 1.54) is 17.7 Å². The molecule has 1 amide bonds. The Balaban J connectivity index is 0.00000226. The topological polar surface area (TPSA) is 174 Å². The molecule has 4 rings (SSSR count). The van der Waals surface area contributed by atoms with Crippen LogP contribution in [0.5, 0.6) is 5.75 Å². The number of aromatic nitrogens is 2. The number of carboxylic acid groups (broad SMARTS) is 1. The number of carbonyl (C=O) groups is 4. The van der Waals surface area contributed by atoms with E-state index in [0.29, 0.717) is 29.6 Å². The number of carbonyl (C=O) groups excluding carboxylic acids is 3. The van der Waals surface area contributed by atoms with Crippen LogP contribution in [0.2, 0.25) is 0 Å². The molecule has 3 aromatic rings. The number of aromatic hydroxyl groups is 1. The van der Waals surface area contributed by atoms with Gasteiger partial charge in [-0.3, -0.25) is 24.0 Å². The summed E-state index contributed by atoms with van der Waals surface area (Å²) in [6.45, 7) is 5.47. The highest BCUT2D eigenvalue weighted by atomic mass is 16.5. The van der Waals surface area contributed by atoms with E-state index in [1.54, 1.807) is 18.2 Å². The number of aldehydes is 1. The molecule has 12 heteroatoms. The quantitative estimate of drug-likeness (QED) is 0.180. The Bertz CT molecular complexity index is 1540. The van der Waals surface area contributed by atoms with Crippen molar-refractivity contribution in [3.05, 3.63) is 56.9 Å². The number of ether oxygens (including phenoxy) is 2. The van der Waals surface area contributed by atoms with Crippen molar-refractivity contribution >= 4 is 35.0 Å². The van der Waals surface area contributed by atoms with Crippen LogP contribution in [-0.4, -0.2) is 57.6 Å². The lowest BCUT2D eigenvalue weighted by Crippen LogP contribution is -2.30. The number of methoxy groups -OCH3 is 1. The molecule has 1 atom stereocenters. The molecule has 1 aliphatic heterocycles. The van der Waals surface area contributed by atoms with Gasteiger partial charge in [0.05, 0.1) is 42.0 Å². The second kappa shape index (κ2) is 13.7. The molecule has 1 unspecified atom stereocenters. The van der Waals surface area contributed by atoms with E-state index >= 15 is 0 Å². The molecule has 1 aromatic carbocycles. The van der Waals surface area contributed by atoms with E-state index in [4.69, 9.17) is 19.6 Å². The molecule has 0 radical (unpaired) electrons. The van der Waals surface area contributed by atoms with E-state index in [2.05, 4.69) is 5.32 Å². The second-order valence-electron chi connectivity index (χ2n) is 8.98. The zero-order valence-electron chi connectivity index (χ0n) is 23.4. The van der Waals surface area contributed by atoms with Gasteiger partial charge in [-0.25, -0.2) is 4.98 Å². The Morgan fingerprint density at radius 2 is 1.90 bits per heavy atom. The molecule has 1 aliphatic rings. The van der Waals surface area contributed by atoms with Crippen LogP contribution in [0.4, 0.5) is 0 Å². The van der Waals surface area contributed by atoms with Crippen molar-refractivity contribution in [2.24, 2.45) is 0 Å². The van der Waals surface area contributed by atoms with Gasteiger partial charge < -0.3 is 29.6 Å². The fourth-order valence-electron chi connectivity index (χ4n) is 4.75. The normalized spacial score (nSPS) is 12.0. The smallest absolute Gasteiger partial charge is 0.322 e. The number of esters is 1. The number of phenols is 1. The summed E-state index contributed by atoms with van der Waals surface area (Å²) >= 11 is 0. The molecule has 0 aliphatic carbocycles. The molecule has 0 saturated heterocycles. The van der Waals surface area contributed by atoms with Gasteiger partial charge in [0.2, 0.25) is 5.91 Å². The minimum atomic E-state index is -1.45. The molecular weight excluding hydrogens is 534 g/mol. The number of aliphatic carboxylic acids is 1. The van der Waals surface area contributed by atoms with E-state index in [9.17, 15) is 29.1 Å². The van der Waals surface area contributed by atoms with Gasteiger partial charge in [0.1, 0.15) is 12.3 Å². The van der Waals surface area contributed by atoms with Gasteiger partial charge in [0.25, 0.3) is 5.56 Å². The highest BCUT2D eigenvalue weighted by Gasteiger charge is 2.31. The number of nitrogens with zero attached hydrogens (tertiary/aromatic N) is 2. The number of fused-ring (bicyclic) bond motifs is 4. The van der Waals surface area contributed by atoms with Gasteiger partial charge >= 0.3 is 11.9 Å². The third kappa shape index (κ3) is 6.60. The fraction of sp³-hybridized carbons (Fsp3) is 0.379. The SMILES string of the molecule is CC.CCc1c2c(nc3ccc(O)cc13)-c1cc(C(C=O)OC(=O)CCC(=O)NCC(=O)O)c(COC)c(=O)n1C2. The first kappa shape index (κ1) is 31.0. The van der Waals surface area contributed by atoms with Crippen LogP contribution >= 0.6 is 0 Å². The monoisotopic (exact) mass is 567 g/mol. The van der Waals surface area contributed by atoms with E-state index < -0.39 is 42.5 Å². The number of nitrogens with one attached hydrogen (secondary N) is 1. The van der Waals surface area contributed by atoms with Gasteiger partial charge in [-0.1, -0.05) is 20.8 Å². The number of benzene rings is 1. The lowest BCUT2D eigenvalue weighted by molar-refractivity contribution is -0.153. The predicted molar refractivity (Wildman–Crippen MR) is 148 cm³/mol. The van der Waals surface area contributed by atoms with Crippen LogP contribution < -0.4 is 10.9 Å². The van der Waals surface area contributed by atoms with Crippen molar-refractivity contribution in [1.82, 2.24) is 14.9 Å². The van der Waals surface area contributed by atoms with Crippen molar-refractivity contribution in [3.8, 4) is 17.1 Å². The summed E-state index contributed by atoms with van der Waals surface area (Å²) in [6.07, 6.45) is -1.18. The number of phenolic OH excluding ortho intramolecular Hbond substituents is 1. The summed E-state index contributed by atoms with van der Waals surface area (Å²) < 4.78 is 12.1. The molecule has 0 fully saturated rings. The van der Waals surface area contributed by atoms with Gasteiger partial charge in [-0.15, -0.1) is 0 Å². The fourth-order valence-corrected chi connectivity index (χ4v) is 4.75. The molecule has 41 heavy (non-hydrogen) atoms. The van der Waals surface area contributed by atoms with Crippen LogP contribution in [0.25, 0.3) is 22.3 Å². The Hall–Kier alpha value is -4.58. The first-order chi connectivity index (χ1) is 19.7. The largest absolute Gasteiger partial charge is 0.508 e. The van der Waals surface area contributed by atoms with Crippen LogP contribution in [0.1, 0.15) is 62.0 Å². The summed E-state index contributed by atoms with van der Waals surface area (Å²) in [4.78, 5) is 65.2. The van der Waals surface area contributed by atoms with Crippen LogP contribution in [0.3, 0.4) is 0 Å². The number of pyridine rings is 2. The van der Waals surface area contributed by atoms with E-state index in [-0.39, 0.29) is 36.4 Å². The van der Waals surface area contributed by atoms with Gasteiger partial charge in [0.15, 0.2) is 12.4 Å². The molecule has 2 aromatic heterocycles. The maximum atomic E-state index is 13.6. The average Bonchev–Trinajstić information content (AvgIpc) is 3.33. The van der Waals surface area contributed by atoms with Crippen molar-refractivity contribution in [2.75, 3.05) is 13.7 Å². The molecule has 0 bridgehead atoms. The number of carboxylic acids is 1. The Morgan fingerprint density at radius 3 is 2.54 bits per heavy atom. The number of amides is 1. The summed E-state index contributed by atoms with van der Waals surface area (Å²) in [6, 6.07) is 6.44. The van der Waals surface area contributed by atoms with E-state index in [0.717, 1.165) is 16.5 Å². The van der Waals surface area contributed by atoms with Crippen LogP contribution in [-0.2, 0) is 48.2 Å². The Labute approximate surface area is 235 Å². The molecular formula is C29H33N3O9. The highest BCUT2D eigenvalue weighted by Crippen LogP contribution is 2.38. The van der Waals surface area contributed by atoms with Crippen molar-refractivity contribution in [1.29, 1.82) is 0 Å². The first-order valence-corrected chi connectivity index (χ1v) is 13.2. The maximum Gasteiger partial charge on any atom is 0.322 e.